The van der Waals surface area contributed by atoms with Gasteiger partial charge in [-0.15, -0.1) is 0 Å². The molecule has 31 heavy (non-hydrogen) atoms. The van der Waals surface area contributed by atoms with Gasteiger partial charge in [0.2, 0.25) is 0 Å². The average Bonchev–Trinajstić information content (AvgIpc) is 2.80. The van der Waals surface area contributed by atoms with Crippen LogP contribution in [0, 0.1) is 0 Å². The maximum Gasteiger partial charge on any atom is 0.336 e. The van der Waals surface area contributed by atoms with E-state index in [0.717, 1.165) is 11.1 Å². The summed E-state index contributed by atoms with van der Waals surface area (Å²) in [6.07, 6.45) is 0. The third kappa shape index (κ3) is 4.31. The van der Waals surface area contributed by atoms with Crippen LogP contribution >= 0.6 is 0 Å². The molecule has 0 atom stereocenters. The molecule has 0 amide bonds. The minimum Gasteiger partial charge on any atom is -0.478 e. The molecule has 0 radical (unpaired) electrons. The van der Waals surface area contributed by atoms with Crippen LogP contribution in [-0.2, 0) is 0 Å². The standard InChI is InChI=1S/C26H18O5/c27-25(28)21-13-11-19(15-23(21)17-7-3-1-4-8-17)31-20-12-14-22(26(29)30)24(16-20)18-9-5-2-6-10-18/h1-16H,(H,27,28)(H,29,30). The first kappa shape index (κ1) is 19.9. The zero-order valence-electron chi connectivity index (χ0n) is 16.4. The quantitative estimate of drug-likeness (QED) is 0.395. The monoisotopic (exact) mass is 410 g/mol. The summed E-state index contributed by atoms with van der Waals surface area (Å²) in [5.41, 5.74) is 2.94. The van der Waals surface area contributed by atoms with Crippen molar-refractivity contribution in [3.8, 4) is 33.8 Å². The summed E-state index contributed by atoms with van der Waals surface area (Å²) in [4.78, 5) is 23.3. The van der Waals surface area contributed by atoms with Gasteiger partial charge in [0.1, 0.15) is 11.5 Å². The second-order valence-corrected chi connectivity index (χ2v) is 6.86. The molecule has 4 aromatic carbocycles. The smallest absolute Gasteiger partial charge is 0.336 e. The van der Waals surface area contributed by atoms with E-state index < -0.39 is 11.9 Å². The summed E-state index contributed by atoms with van der Waals surface area (Å²) in [5.74, 6) is -1.15. The lowest BCUT2D eigenvalue weighted by Gasteiger charge is -2.13. The van der Waals surface area contributed by atoms with E-state index in [0.29, 0.717) is 22.6 Å². The molecule has 5 heteroatoms. The zero-order chi connectivity index (χ0) is 21.8. The number of hydrogen-bond acceptors (Lipinski definition) is 3. The van der Waals surface area contributed by atoms with Crippen LogP contribution in [0.25, 0.3) is 22.3 Å². The van der Waals surface area contributed by atoms with Crippen molar-refractivity contribution in [2.75, 3.05) is 0 Å². The molecule has 0 heterocycles. The van der Waals surface area contributed by atoms with Gasteiger partial charge >= 0.3 is 11.9 Å². The van der Waals surface area contributed by atoms with E-state index >= 15 is 0 Å². The number of aromatic carboxylic acids is 2. The van der Waals surface area contributed by atoms with Crippen molar-refractivity contribution in [2.45, 2.75) is 0 Å². The summed E-state index contributed by atoms with van der Waals surface area (Å²) in [6, 6.07) is 27.9. The molecule has 4 rings (SSSR count). The molecule has 0 unspecified atom stereocenters. The van der Waals surface area contributed by atoms with Gasteiger partial charge in [0.05, 0.1) is 11.1 Å². The number of benzene rings is 4. The first-order chi connectivity index (χ1) is 15.0. The molecule has 0 fully saturated rings. The summed E-state index contributed by atoms with van der Waals surface area (Å²) < 4.78 is 5.99. The molecule has 0 saturated carbocycles. The van der Waals surface area contributed by atoms with Gasteiger partial charge in [-0.3, -0.25) is 0 Å². The van der Waals surface area contributed by atoms with E-state index in [1.807, 2.05) is 60.7 Å². The van der Waals surface area contributed by atoms with Crippen LogP contribution in [0.3, 0.4) is 0 Å². The lowest BCUT2D eigenvalue weighted by atomic mass is 9.99. The van der Waals surface area contributed by atoms with Gasteiger partial charge < -0.3 is 14.9 Å². The minimum absolute atomic E-state index is 0.171. The van der Waals surface area contributed by atoms with Gasteiger partial charge in [-0.2, -0.15) is 0 Å². The SMILES string of the molecule is O=C(O)c1ccc(Oc2ccc(C(=O)O)c(-c3ccccc3)c2)cc1-c1ccccc1. The van der Waals surface area contributed by atoms with E-state index in [-0.39, 0.29) is 11.1 Å². The van der Waals surface area contributed by atoms with Crippen LogP contribution < -0.4 is 4.74 Å². The van der Waals surface area contributed by atoms with Crippen molar-refractivity contribution in [1.82, 2.24) is 0 Å². The van der Waals surface area contributed by atoms with Crippen LogP contribution in [-0.4, -0.2) is 22.2 Å². The molecule has 5 nitrogen and oxygen atoms in total. The van der Waals surface area contributed by atoms with E-state index in [2.05, 4.69) is 0 Å². The summed E-state index contributed by atoms with van der Waals surface area (Å²) in [5, 5.41) is 19.1. The largest absolute Gasteiger partial charge is 0.478 e. The van der Waals surface area contributed by atoms with Crippen LogP contribution in [0.1, 0.15) is 20.7 Å². The Morgan fingerprint density at radius 2 is 0.935 bits per heavy atom. The Bertz CT molecular complexity index is 1150. The van der Waals surface area contributed by atoms with Gasteiger partial charge in [0, 0.05) is 0 Å². The molecular formula is C26H18O5. The first-order valence-electron chi connectivity index (χ1n) is 9.56. The average molecular weight is 410 g/mol. The second kappa shape index (κ2) is 8.55. The van der Waals surface area contributed by atoms with Gasteiger partial charge in [0.15, 0.2) is 0 Å². The molecule has 0 aliphatic heterocycles. The fourth-order valence-corrected chi connectivity index (χ4v) is 3.40. The molecule has 0 bridgehead atoms. The van der Waals surface area contributed by atoms with Crippen LogP contribution in [0.15, 0.2) is 97.1 Å². The number of carbonyl (C=O) groups is 2. The Morgan fingerprint density at radius 3 is 1.29 bits per heavy atom. The normalized spacial score (nSPS) is 10.5. The van der Waals surface area contributed by atoms with Gasteiger partial charge in [-0.1, -0.05) is 60.7 Å². The minimum atomic E-state index is -1.03. The fraction of sp³-hybridized carbons (Fsp3) is 0. The Kier molecular flexibility index (Phi) is 5.49. The van der Waals surface area contributed by atoms with Gasteiger partial charge in [-0.25, -0.2) is 9.59 Å². The zero-order valence-corrected chi connectivity index (χ0v) is 16.4. The maximum atomic E-state index is 11.7. The van der Waals surface area contributed by atoms with E-state index in [1.54, 1.807) is 24.3 Å². The Balaban J connectivity index is 1.74. The number of ether oxygens (including phenoxy) is 1. The Hall–Kier alpha value is -4.38. The Morgan fingerprint density at radius 1 is 0.548 bits per heavy atom. The molecule has 0 aromatic heterocycles. The highest BCUT2D eigenvalue weighted by Gasteiger charge is 2.15. The molecule has 0 saturated heterocycles. The number of hydrogen-bond donors (Lipinski definition) is 2. The highest BCUT2D eigenvalue weighted by atomic mass is 16.5. The number of rotatable bonds is 6. The van der Waals surface area contributed by atoms with Gasteiger partial charge in [0.25, 0.3) is 0 Å². The van der Waals surface area contributed by atoms with Crippen molar-refractivity contribution >= 4 is 11.9 Å². The first-order valence-corrected chi connectivity index (χ1v) is 9.56. The predicted molar refractivity (Wildman–Crippen MR) is 118 cm³/mol. The van der Waals surface area contributed by atoms with E-state index in [1.165, 1.54) is 12.1 Å². The lowest BCUT2D eigenvalue weighted by Crippen LogP contribution is -2.01. The summed E-state index contributed by atoms with van der Waals surface area (Å²) >= 11 is 0. The fourth-order valence-electron chi connectivity index (χ4n) is 3.40. The van der Waals surface area contributed by atoms with Crippen LogP contribution in [0.5, 0.6) is 11.5 Å². The molecule has 0 aliphatic carbocycles. The van der Waals surface area contributed by atoms with Crippen LogP contribution in [0.2, 0.25) is 0 Å². The van der Waals surface area contributed by atoms with Crippen molar-refractivity contribution in [3.63, 3.8) is 0 Å². The van der Waals surface area contributed by atoms with Gasteiger partial charge in [-0.05, 0) is 58.7 Å². The molecular weight excluding hydrogens is 392 g/mol. The Labute approximate surface area is 178 Å². The topological polar surface area (TPSA) is 83.8 Å². The van der Waals surface area contributed by atoms with Crippen LogP contribution in [0.4, 0.5) is 0 Å². The molecule has 0 aliphatic rings. The van der Waals surface area contributed by atoms with E-state index in [4.69, 9.17) is 4.74 Å². The third-order valence-corrected chi connectivity index (χ3v) is 4.85. The lowest BCUT2D eigenvalue weighted by molar-refractivity contribution is 0.0687. The third-order valence-electron chi connectivity index (χ3n) is 4.85. The second-order valence-electron chi connectivity index (χ2n) is 6.86. The summed E-state index contributed by atoms with van der Waals surface area (Å²) in [7, 11) is 0. The predicted octanol–water partition coefficient (Wildman–Crippen LogP) is 6.21. The number of carboxylic acid groups (broad SMARTS) is 2. The molecule has 2 N–H and O–H groups in total. The van der Waals surface area contributed by atoms with Crippen molar-refractivity contribution in [2.24, 2.45) is 0 Å². The highest BCUT2D eigenvalue weighted by Crippen LogP contribution is 2.33. The molecule has 152 valence electrons. The van der Waals surface area contributed by atoms with Crippen molar-refractivity contribution < 1.29 is 24.5 Å². The highest BCUT2D eigenvalue weighted by molar-refractivity contribution is 5.97. The summed E-state index contributed by atoms with van der Waals surface area (Å²) in [6.45, 7) is 0. The number of carboxylic acids is 2. The van der Waals surface area contributed by atoms with E-state index in [9.17, 15) is 19.8 Å². The molecule has 4 aromatic rings. The maximum absolute atomic E-state index is 11.7. The molecule has 0 spiro atoms. The van der Waals surface area contributed by atoms with Crippen molar-refractivity contribution in [1.29, 1.82) is 0 Å². The van der Waals surface area contributed by atoms with Crippen molar-refractivity contribution in [3.05, 3.63) is 108 Å².